The number of thiophene rings is 1. The van der Waals surface area contributed by atoms with Crippen LogP contribution in [0, 0.1) is 0 Å². The van der Waals surface area contributed by atoms with Crippen molar-refractivity contribution in [1.29, 1.82) is 0 Å². The van der Waals surface area contributed by atoms with Gasteiger partial charge in [-0.1, -0.05) is 157 Å². The van der Waals surface area contributed by atoms with Crippen LogP contribution in [0.5, 0.6) is 0 Å². The summed E-state index contributed by atoms with van der Waals surface area (Å²) in [7, 11) is 0. The highest BCUT2D eigenvalue weighted by molar-refractivity contribution is 7.26. The average molecular weight is 640 g/mol. The van der Waals surface area contributed by atoms with Crippen molar-refractivity contribution in [1.82, 2.24) is 0 Å². The Kier molecular flexibility index (Phi) is 2.47. The Hall–Kier alpha value is -5.76. The van der Waals surface area contributed by atoms with Crippen LogP contribution in [0.25, 0.3) is 96.6 Å². The predicted octanol–water partition coefficient (Wildman–Crippen LogP) is 13.7. The van der Waals surface area contributed by atoms with Gasteiger partial charge < -0.3 is 0 Å². The molecule has 1 aromatic heterocycles. The van der Waals surface area contributed by atoms with Crippen LogP contribution in [0.4, 0.5) is 0 Å². The minimum Gasteiger partial charge on any atom is -0.134 e. The molecule has 0 aliphatic carbocycles. The molecule has 0 atom stereocenters. The fourth-order valence-corrected chi connectivity index (χ4v) is 7.12. The molecule has 47 heavy (non-hydrogen) atoms. The van der Waals surface area contributed by atoms with Crippen molar-refractivity contribution in [2.75, 3.05) is 0 Å². The normalized spacial score (nSPS) is 19.9. The number of fused-ring (bicyclic) bond motifs is 9. The van der Waals surface area contributed by atoms with Gasteiger partial charge in [-0.15, -0.1) is 11.3 Å². The molecule has 0 saturated heterocycles. The zero-order valence-corrected chi connectivity index (χ0v) is 24.3. The van der Waals surface area contributed by atoms with Crippen molar-refractivity contribution >= 4 is 74.6 Å². The fraction of sp³-hybridized carbons (Fsp3) is 0. The topological polar surface area (TPSA) is 0 Å². The third-order valence-corrected chi connectivity index (χ3v) is 8.98. The Morgan fingerprint density at radius 3 is 1.60 bits per heavy atom. The first-order chi connectivity index (χ1) is 34.6. The Morgan fingerprint density at radius 2 is 0.915 bits per heavy atom. The molecular weight excluding hydrogens is 585 g/mol. The van der Waals surface area contributed by atoms with E-state index in [9.17, 15) is 12.3 Å². The maximum Gasteiger partial charge on any atom is 0.0638 e. The van der Waals surface area contributed by atoms with Gasteiger partial charge in [-0.25, -0.2) is 0 Å². The molecule has 0 amide bonds. The lowest BCUT2D eigenvalue weighted by Gasteiger charge is -2.18. The summed E-state index contributed by atoms with van der Waals surface area (Å²) >= 11 is 0.664. The molecule has 0 N–H and O–H groups in total. The summed E-state index contributed by atoms with van der Waals surface area (Å²) in [6, 6.07) is -21.6. The molecule has 218 valence electrons. The highest BCUT2D eigenvalue weighted by Gasteiger charge is 2.19. The zero-order valence-electron chi connectivity index (χ0n) is 50.5. The van der Waals surface area contributed by atoms with E-state index in [4.69, 9.17) is 24.7 Å². The van der Waals surface area contributed by atoms with Gasteiger partial charge in [0, 0.05) is 25.7 Å². The van der Waals surface area contributed by atoms with Crippen molar-refractivity contribution in [2.24, 2.45) is 0 Å². The second-order valence-electron chi connectivity index (χ2n) is 10.3. The minimum absolute atomic E-state index is 0.0944. The van der Waals surface area contributed by atoms with E-state index in [1.54, 1.807) is 0 Å². The average Bonchev–Trinajstić information content (AvgIpc) is 3.76. The number of hydrogen-bond donors (Lipinski definition) is 0. The largest absolute Gasteiger partial charge is 0.134 e. The first-order valence-corrected chi connectivity index (χ1v) is 14.8. The van der Waals surface area contributed by atoms with Gasteiger partial charge in [0.1, 0.15) is 0 Å². The van der Waals surface area contributed by atoms with E-state index in [1.807, 2.05) is 0 Å². The molecule has 0 spiro atoms. The van der Waals surface area contributed by atoms with E-state index >= 15 is 0 Å². The predicted molar refractivity (Wildman–Crippen MR) is 206 cm³/mol. The fourth-order valence-electron chi connectivity index (χ4n) is 5.95. The minimum atomic E-state index is -1.04. The van der Waals surface area contributed by atoms with Gasteiger partial charge in [0.25, 0.3) is 0 Å². The number of benzene rings is 9. The molecule has 0 saturated carbocycles. The molecule has 0 aliphatic rings. The second-order valence-corrected chi connectivity index (χ2v) is 11.3. The Bertz CT molecular complexity index is 4250. The van der Waals surface area contributed by atoms with Crippen molar-refractivity contribution in [3.05, 3.63) is 169 Å². The van der Waals surface area contributed by atoms with Gasteiger partial charge >= 0.3 is 0 Å². The lowest BCUT2D eigenvalue weighted by molar-refractivity contribution is 1.64. The third kappa shape index (κ3) is 4.00. The Balaban J connectivity index is 1.47. The quantitative estimate of drug-likeness (QED) is 0.169. The van der Waals surface area contributed by atoms with Crippen LogP contribution in [-0.2, 0) is 0 Å². The third-order valence-electron chi connectivity index (χ3n) is 7.86. The van der Waals surface area contributed by atoms with Gasteiger partial charge in [0.05, 0.1) is 37.0 Å². The van der Waals surface area contributed by atoms with Crippen molar-refractivity contribution in [3.8, 4) is 33.4 Å². The molecule has 0 nitrogen and oxygen atoms in total. The van der Waals surface area contributed by atoms with E-state index in [2.05, 4.69) is 0 Å². The van der Waals surface area contributed by atoms with E-state index in [1.165, 1.54) is 0 Å². The Morgan fingerprint density at radius 1 is 0.383 bits per heavy atom. The van der Waals surface area contributed by atoms with E-state index in [-0.39, 0.29) is 36.3 Å². The lowest BCUT2D eigenvalue weighted by atomic mass is 9.85. The smallest absolute Gasteiger partial charge is 0.0638 e. The van der Waals surface area contributed by atoms with E-state index in [0.29, 0.717) is 11.3 Å². The monoisotopic (exact) mass is 639 g/mol. The van der Waals surface area contributed by atoms with E-state index < -0.39 is 223 Å². The summed E-state index contributed by atoms with van der Waals surface area (Å²) in [6.07, 6.45) is 0. The van der Waals surface area contributed by atoms with Crippen LogP contribution >= 0.6 is 11.3 Å². The number of hydrogen-bond acceptors (Lipinski definition) is 1. The molecule has 0 bridgehead atoms. The van der Waals surface area contributed by atoms with E-state index in [0.717, 1.165) is 6.07 Å². The lowest BCUT2D eigenvalue weighted by Crippen LogP contribution is -1.90. The van der Waals surface area contributed by atoms with Crippen molar-refractivity contribution in [3.63, 3.8) is 0 Å². The zero-order chi connectivity index (χ0) is 54.4. The van der Waals surface area contributed by atoms with Crippen LogP contribution in [0.15, 0.2) is 169 Å². The van der Waals surface area contributed by atoms with Crippen molar-refractivity contribution < 1.29 is 37.0 Å². The standard InChI is InChI=1S/C46H28S/c1-2-13-31(14-3-1)42-36-18-8-10-20-38(36)43(39-21-11-9-19-37(39)42)32-24-22-30(23-25-32)40-28-33-15-5-7-17-35(33)45-44-34-16-6-4-12-29(34)26-27-41(44)47-46(40)45/h1-28H/i1D,2D,3D,4D,5D,7D,8D,9D,10D,11D,12D,13D,14D,15D,16D,17D,18D,19D,20D,21D,22D,23D,24D,25D,26D,27D,28D. The van der Waals surface area contributed by atoms with Crippen LogP contribution in [0.1, 0.15) is 37.0 Å². The molecule has 1 heteroatoms. The molecule has 1 heterocycles. The molecule has 10 rings (SSSR count). The molecule has 10 aromatic rings. The summed E-state index contributed by atoms with van der Waals surface area (Å²) in [5.74, 6) is 0. The van der Waals surface area contributed by atoms with Gasteiger partial charge in [-0.2, -0.15) is 0 Å². The highest BCUT2D eigenvalue weighted by Crippen LogP contribution is 2.48. The van der Waals surface area contributed by atoms with Gasteiger partial charge in [0.2, 0.25) is 0 Å². The van der Waals surface area contributed by atoms with Gasteiger partial charge in [-0.05, 0) is 83.0 Å². The molecule has 0 radical (unpaired) electrons. The van der Waals surface area contributed by atoms with Gasteiger partial charge in [-0.3, -0.25) is 0 Å². The van der Waals surface area contributed by atoms with Crippen LogP contribution < -0.4 is 0 Å². The van der Waals surface area contributed by atoms with Crippen LogP contribution in [-0.4, -0.2) is 0 Å². The molecule has 0 fully saturated rings. The first-order valence-electron chi connectivity index (χ1n) is 27.5. The Labute approximate surface area is 314 Å². The molecule has 9 aromatic carbocycles. The highest BCUT2D eigenvalue weighted by atomic mass is 32.1. The molecule has 0 aliphatic heterocycles. The summed E-state index contributed by atoms with van der Waals surface area (Å²) in [4.78, 5) is 0. The van der Waals surface area contributed by atoms with Crippen LogP contribution in [0.2, 0.25) is 0 Å². The summed E-state index contributed by atoms with van der Waals surface area (Å²) < 4.78 is 243. The first kappa shape index (κ1) is 11.2. The SMILES string of the molecule is [2H]c1cc([2H])c2c(c1[2H])c([2H])c([2H])c1sc3c(-c4c([2H])c([2H])c(-c5c6c([2H])c([2H])c([2H])c([2H])c6c(-c6c([2H])c([2H])c([2H])c([2H])c6[2H])c6c([2H])c([2H])c([2H])c([2H])c56)c([2H])c4[2H])c([2H])c4c([2H])c([2H])c([2H])c([2H])c4c3c12. The molecular formula is C46H28S. The number of rotatable bonds is 3. The van der Waals surface area contributed by atoms with Gasteiger partial charge in [0.15, 0.2) is 0 Å². The maximum atomic E-state index is 9.74. The summed E-state index contributed by atoms with van der Waals surface area (Å²) in [5.41, 5.74) is -4.12. The molecule has 0 unspecified atom stereocenters. The maximum absolute atomic E-state index is 9.74. The second kappa shape index (κ2) is 10.4. The van der Waals surface area contributed by atoms with Crippen molar-refractivity contribution in [2.45, 2.75) is 0 Å². The summed E-state index contributed by atoms with van der Waals surface area (Å²) in [6.45, 7) is 0. The summed E-state index contributed by atoms with van der Waals surface area (Å²) in [5, 5.41) is -4.33. The van der Waals surface area contributed by atoms with Crippen LogP contribution in [0.3, 0.4) is 0 Å².